The van der Waals surface area contributed by atoms with Gasteiger partial charge in [-0.1, -0.05) is 36.0 Å². The van der Waals surface area contributed by atoms with Gasteiger partial charge >= 0.3 is 0 Å². The van der Waals surface area contributed by atoms with Crippen LogP contribution in [0.5, 0.6) is 0 Å². The van der Waals surface area contributed by atoms with E-state index in [4.69, 9.17) is 12.2 Å². The second kappa shape index (κ2) is 8.44. The Morgan fingerprint density at radius 2 is 2.17 bits per heavy atom. The average molecular weight is 348 g/mol. The van der Waals surface area contributed by atoms with E-state index < -0.39 is 0 Å². The first-order chi connectivity index (χ1) is 11.1. The van der Waals surface area contributed by atoms with Crippen LogP contribution in [0.2, 0.25) is 0 Å². The molecular formula is C15H16N4O2S2. The molecule has 0 radical (unpaired) electrons. The average Bonchev–Trinajstić information content (AvgIpc) is 2.56. The fourth-order valence-electron chi connectivity index (χ4n) is 1.84. The molecule has 1 heterocycles. The molecule has 0 aliphatic carbocycles. The summed E-state index contributed by atoms with van der Waals surface area (Å²) in [6.45, 7) is 4.01. The minimum absolute atomic E-state index is 0.0107. The third-order valence-corrected chi connectivity index (χ3v) is 4.08. The Morgan fingerprint density at radius 3 is 2.87 bits per heavy atom. The van der Waals surface area contributed by atoms with Gasteiger partial charge in [0.25, 0.3) is 5.91 Å². The van der Waals surface area contributed by atoms with E-state index in [-0.39, 0.29) is 16.9 Å². The van der Waals surface area contributed by atoms with Crippen molar-refractivity contribution in [2.75, 3.05) is 12.3 Å². The summed E-state index contributed by atoms with van der Waals surface area (Å²) in [6, 6.07) is 8.73. The van der Waals surface area contributed by atoms with Crippen LogP contribution in [0.1, 0.15) is 16.8 Å². The maximum atomic E-state index is 12.0. The van der Waals surface area contributed by atoms with Gasteiger partial charge in [-0.05, 0) is 24.4 Å². The molecule has 1 aromatic carbocycles. The van der Waals surface area contributed by atoms with Crippen LogP contribution in [0.3, 0.4) is 0 Å². The molecular weight excluding hydrogens is 332 g/mol. The summed E-state index contributed by atoms with van der Waals surface area (Å²) in [5.74, 6) is 0.331. The first-order valence-corrected chi connectivity index (χ1v) is 8.29. The molecule has 6 nitrogen and oxygen atoms in total. The van der Waals surface area contributed by atoms with Gasteiger partial charge in [0.1, 0.15) is 0 Å². The first kappa shape index (κ1) is 17.2. The van der Waals surface area contributed by atoms with Crippen molar-refractivity contribution in [1.29, 1.82) is 0 Å². The van der Waals surface area contributed by atoms with Gasteiger partial charge in [0.15, 0.2) is 10.3 Å². The number of amides is 2. The Balaban J connectivity index is 1.95. The van der Waals surface area contributed by atoms with Gasteiger partial charge in [0, 0.05) is 24.3 Å². The maximum Gasteiger partial charge on any atom is 0.257 e. The van der Waals surface area contributed by atoms with Crippen LogP contribution >= 0.6 is 24.0 Å². The zero-order valence-electron chi connectivity index (χ0n) is 12.3. The molecule has 0 saturated carbocycles. The van der Waals surface area contributed by atoms with Gasteiger partial charge in [-0.2, -0.15) is 0 Å². The second-order valence-electron chi connectivity index (χ2n) is 4.55. The van der Waals surface area contributed by atoms with Crippen LogP contribution in [0.25, 0.3) is 0 Å². The Labute approximate surface area is 144 Å². The monoisotopic (exact) mass is 348 g/mol. The van der Waals surface area contributed by atoms with Gasteiger partial charge in [-0.15, -0.1) is 11.7 Å². The smallest absolute Gasteiger partial charge is 0.257 e. The van der Waals surface area contributed by atoms with Crippen molar-refractivity contribution in [3.05, 3.63) is 48.6 Å². The molecule has 1 aliphatic rings. The highest BCUT2D eigenvalue weighted by molar-refractivity contribution is 8.13. The Morgan fingerprint density at radius 1 is 1.43 bits per heavy atom. The van der Waals surface area contributed by atoms with Gasteiger partial charge in [-0.3, -0.25) is 25.2 Å². The summed E-state index contributed by atoms with van der Waals surface area (Å²) >= 11 is 6.49. The number of thioether (sulfide) groups is 1. The molecule has 1 fully saturated rings. The van der Waals surface area contributed by atoms with Gasteiger partial charge < -0.3 is 0 Å². The highest BCUT2D eigenvalue weighted by atomic mass is 32.2. The number of nitrogens with zero attached hydrogens (tertiary/aromatic N) is 2. The number of carbonyl (C=O) groups is 2. The number of amidine groups is 1. The lowest BCUT2D eigenvalue weighted by Gasteiger charge is -2.26. The molecule has 0 aromatic heterocycles. The van der Waals surface area contributed by atoms with E-state index >= 15 is 0 Å². The van der Waals surface area contributed by atoms with Gasteiger partial charge in [0.05, 0.1) is 0 Å². The van der Waals surface area contributed by atoms with Crippen molar-refractivity contribution >= 4 is 46.1 Å². The number of nitrogens with one attached hydrogen (secondary N) is 2. The molecule has 0 bridgehead atoms. The van der Waals surface area contributed by atoms with E-state index in [9.17, 15) is 9.59 Å². The normalized spacial score (nSPS) is 16.1. The molecule has 8 heteroatoms. The number of hydrazone groups is 1. The number of carbonyl (C=O) groups excluding carboxylic acids is 2. The molecule has 0 spiro atoms. The lowest BCUT2D eigenvalue weighted by Crippen LogP contribution is -2.42. The highest BCUT2D eigenvalue weighted by Crippen LogP contribution is 2.18. The Hall–Kier alpha value is -2.19. The van der Waals surface area contributed by atoms with Crippen LogP contribution in [-0.2, 0) is 4.79 Å². The third kappa shape index (κ3) is 4.90. The molecule has 2 amide bonds. The van der Waals surface area contributed by atoms with Crippen molar-refractivity contribution in [2.45, 2.75) is 6.42 Å². The number of hydrogen-bond donors (Lipinski definition) is 2. The number of benzene rings is 1. The van der Waals surface area contributed by atoms with Crippen LogP contribution in [0.4, 0.5) is 0 Å². The van der Waals surface area contributed by atoms with E-state index in [0.29, 0.717) is 29.4 Å². The van der Waals surface area contributed by atoms with E-state index in [1.165, 1.54) is 16.7 Å². The SMILES string of the molecule is C=CCN1C(=O)CCSC1=NNC(=S)NC(=O)c1ccccc1. The van der Waals surface area contributed by atoms with Crippen LogP contribution in [0, 0.1) is 0 Å². The van der Waals surface area contributed by atoms with E-state index in [0.717, 1.165) is 0 Å². The summed E-state index contributed by atoms with van der Waals surface area (Å²) in [7, 11) is 0. The predicted octanol–water partition coefficient (Wildman–Crippen LogP) is 1.71. The van der Waals surface area contributed by atoms with Crippen LogP contribution < -0.4 is 10.7 Å². The molecule has 0 unspecified atom stereocenters. The lowest BCUT2D eigenvalue weighted by atomic mass is 10.2. The van der Waals surface area contributed by atoms with Crippen LogP contribution in [-0.4, -0.2) is 39.3 Å². The topological polar surface area (TPSA) is 73.8 Å². The predicted molar refractivity (Wildman–Crippen MR) is 96.1 cm³/mol. The molecule has 1 aromatic rings. The Kier molecular flexibility index (Phi) is 6.30. The molecule has 2 N–H and O–H groups in total. The molecule has 120 valence electrons. The summed E-state index contributed by atoms with van der Waals surface area (Å²) in [4.78, 5) is 25.3. The highest BCUT2D eigenvalue weighted by Gasteiger charge is 2.24. The van der Waals surface area contributed by atoms with Gasteiger partial charge in [-0.25, -0.2) is 0 Å². The van der Waals surface area contributed by atoms with Crippen LogP contribution in [0.15, 0.2) is 48.1 Å². The van der Waals surface area contributed by atoms with E-state index in [1.807, 2.05) is 6.07 Å². The largest absolute Gasteiger partial charge is 0.298 e. The van der Waals surface area contributed by atoms with E-state index in [2.05, 4.69) is 22.4 Å². The number of thiocarbonyl (C=S) groups is 1. The molecule has 2 rings (SSSR count). The number of rotatable bonds is 4. The summed E-state index contributed by atoms with van der Waals surface area (Å²) < 4.78 is 0. The second-order valence-corrected chi connectivity index (χ2v) is 6.02. The summed E-state index contributed by atoms with van der Waals surface area (Å²) in [5.41, 5.74) is 3.10. The molecule has 1 saturated heterocycles. The lowest BCUT2D eigenvalue weighted by molar-refractivity contribution is -0.126. The minimum Gasteiger partial charge on any atom is -0.298 e. The van der Waals surface area contributed by atoms with Crippen molar-refractivity contribution < 1.29 is 9.59 Å². The number of hydrogen-bond acceptors (Lipinski definition) is 5. The third-order valence-electron chi connectivity index (χ3n) is 2.91. The molecule has 23 heavy (non-hydrogen) atoms. The summed E-state index contributed by atoms with van der Waals surface area (Å²) in [5, 5.41) is 7.23. The zero-order chi connectivity index (χ0) is 16.7. The summed E-state index contributed by atoms with van der Waals surface area (Å²) in [6.07, 6.45) is 2.10. The minimum atomic E-state index is -0.321. The quantitative estimate of drug-likeness (QED) is 0.492. The van der Waals surface area contributed by atoms with Crippen molar-refractivity contribution in [3.8, 4) is 0 Å². The fraction of sp³-hybridized carbons (Fsp3) is 0.200. The standard InChI is InChI=1S/C15H16N4O2S2/c1-2-9-19-12(20)8-10-23-15(19)18-17-14(22)16-13(21)11-6-4-3-5-7-11/h2-7H,1,8-10H2,(H2,16,17,21,22). The Bertz CT molecular complexity index is 646. The van der Waals surface area contributed by atoms with Crippen molar-refractivity contribution in [2.24, 2.45) is 5.10 Å². The molecule has 0 atom stereocenters. The van der Waals surface area contributed by atoms with Crippen molar-refractivity contribution in [1.82, 2.24) is 15.6 Å². The van der Waals surface area contributed by atoms with Crippen molar-refractivity contribution in [3.63, 3.8) is 0 Å². The maximum absolute atomic E-state index is 12.0. The fourth-order valence-corrected chi connectivity index (χ4v) is 2.88. The molecule has 1 aliphatic heterocycles. The van der Waals surface area contributed by atoms with E-state index in [1.54, 1.807) is 30.3 Å². The zero-order valence-corrected chi connectivity index (χ0v) is 14.0. The van der Waals surface area contributed by atoms with Gasteiger partial charge in [0.2, 0.25) is 5.91 Å². The first-order valence-electron chi connectivity index (χ1n) is 6.90.